The first-order chi connectivity index (χ1) is 4.20. The van der Waals surface area contributed by atoms with Crippen LogP contribution in [-0.2, 0) is 4.79 Å². The third-order valence-corrected chi connectivity index (χ3v) is 0.862. The molecule has 0 fully saturated rings. The molecule has 50 valence electrons. The van der Waals surface area contributed by atoms with Crippen LogP contribution in [-0.4, -0.2) is 18.5 Å². The van der Waals surface area contributed by atoms with Crippen LogP contribution in [0.1, 0.15) is 6.92 Å². The summed E-state index contributed by atoms with van der Waals surface area (Å²) < 4.78 is 0. The van der Waals surface area contributed by atoms with E-state index in [0.29, 0.717) is 6.54 Å². The summed E-state index contributed by atoms with van der Waals surface area (Å²) in [6.45, 7) is 2.20. The molecule has 0 aromatic carbocycles. The minimum Gasteiger partial charge on any atom is -0.342 e. The smallest absolute Gasteiger partial charge is 0.295 e. The van der Waals surface area contributed by atoms with Crippen LogP contribution in [0.2, 0.25) is 0 Å². The number of rotatable bonds is 2. The Morgan fingerprint density at radius 2 is 2.56 bits per heavy atom. The van der Waals surface area contributed by atoms with Crippen molar-refractivity contribution < 1.29 is 4.79 Å². The van der Waals surface area contributed by atoms with E-state index >= 15 is 0 Å². The van der Waals surface area contributed by atoms with Gasteiger partial charge in [0.2, 0.25) is 0 Å². The molecular formula is C6H10N2O. The van der Waals surface area contributed by atoms with E-state index in [9.17, 15) is 4.79 Å². The second kappa shape index (κ2) is 3.93. The van der Waals surface area contributed by atoms with Gasteiger partial charge in [0, 0.05) is 12.6 Å². The number of carbonyl (C=O) groups is 1. The van der Waals surface area contributed by atoms with Crippen molar-refractivity contribution in [2.75, 3.05) is 6.54 Å². The predicted molar refractivity (Wildman–Crippen MR) is 35.5 cm³/mol. The highest BCUT2D eigenvalue weighted by Gasteiger charge is 1.99. The summed E-state index contributed by atoms with van der Waals surface area (Å²) in [7, 11) is 0. The summed E-state index contributed by atoms with van der Waals surface area (Å²) in [4.78, 5) is 10.4. The zero-order valence-corrected chi connectivity index (χ0v) is 5.35. The van der Waals surface area contributed by atoms with Crippen molar-refractivity contribution in [2.24, 2.45) is 5.73 Å². The van der Waals surface area contributed by atoms with E-state index in [2.05, 4.69) is 5.32 Å². The quantitative estimate of drug-likeness (QED) is 0.470. The van der Waals surface area contributed by atoms with Crippen LogP contribution in [0.25, 0.3) is 0 Å². The largest absolute Gasteiger partial charge is 0.342 e. The Kier molecular flexibility index (Phi) is 3.49. The molecule has 0 saturated carbocycles. The highest BCUT2D eigenvalue weighted by molar-refractivity contribution is 5.92. The van der Waals surface area contributed by atoms with Gasteiger partial charge in [-0.05, 0) is 12.8 Å². The fraction of sp³-hybridized carbons (Fsp3) is 0.500. The normalized spacial score (nSPS) is 11.7. The average molecular weight is 126 g/mol. The van der Waals surface area contributed by atoms with E-state index in [1.807, 2.05) is 5.92 Å². The standard InChI is InChI=1S/C6H10N2O/c1-3-6(9)8-5(2)4-7/h1,5H,4,7H2,2H3,(H,8,9). The molecule has 3 N–H and O–H groups in total. The maximum absolute atomic E-state index is 10.4. The summed E-state index contributed by atoms with van der Waals surface area (Å²) in [6.07, 6.45) is 4.77. The van der Waals surface area contributed by atoms with Crippen molar-refractivity contribution in [2.45, 2.75) is 13.0 Å². The minimum atomic E-state index is -0.409. The topological polar surface area (TPSA) is 55.1 Å². The molecule has 3 heteroatoms. The van der Waals surface area contributed by atoms with Gasteiger partial charge in [-0.25, -0.2) is 0 Å². The Morgan fingerprint density at radius 3 is 2.89 bits per heavy atom. The SMILES string of the molecule is C#CC(=O)NC(C)CN. The lowest BCUT2D eigenvalue weighted by atomic mass is 10.3. The number of amides is 1. The van der Waals surface area contributed by atoms with Crippen molar-refractivity contribution in [3.63, 3.8) is 0 Å². The third-order valence-electron chi connectivity index (χ3n) is 0.862. The molecule has 0 aliphatic rings. The molecule has 9 heavy (non-hydrogen) atoms. The summed E-state index contributed by atoms with van der Waals surface area (Å²) in [5, 5.41) is 2.48. The number of carbonyl (C=O) groups excluding carboxylic acids is 1. The van der Waals surface area contributed by atoms with Gasteiger partial charge in [0.1, 0.15) is 0 Å². The molecule has 3 nitrogen and oxygen atoms in total. The molecule has 1 amide bonds. The van der Waals surface area contributed by atoms with E-state index in [1.54, 1.807) is 6.92 Å². The summed E-state index contributed by atoms with van der Waals surface area (Å²) >= 11 is 0. The third kappa shape index (κ3) is 3.56. The van der Waals surface area contributed by atoms with Gasteiger partial charge < -0.3 is 11.1 Å². The van der Waals surface area contributed by atoms with Crippen LogP contribution in [0.3, 0.4) is 0 Å². The highest BCUT2D eigenvalue weighted by Crippen LogP contribution is 1.73. The number of nitrogens with one attached hydrogen (secondary N) is 1. The van der Waals surface area contributed by atoms with Crippen LogP contribution in [0.4, 0.5) is 0 Å². The Hall–Kier alpha value is -1.01. The fourth-order valence-corrected chi connectivity index (χ4v) is 0.324. The molecule has 0 spiro atoms. The Labute approximate surface area is 54.6 Å². The van der Waals surface area contributed by atoms with E-state index in [4.69, 9.17) is 12.2 Å². The van der Waals surface area contributed by atoms with Crippen LogP contribution < -0.4 is 11.1 Å². The summed E-state index contributed by atoms with van der Waals surface area (Å²) in [6, 6.07) is -0.0338. The lowest BCUT2D eigenvalue weighted by molar-refractivity contribution is -0.116. The molecule has 1 unspecified atom stereocenters. The average Bonchev–Trinajstić information content (AvgIpc) is 1.87. The maximum atomic E-state index is 10.4. The van der Waals surface area contributed by atoms with Crippen molar-refractivity contribution in [3.8, 4) is 12.3 Å². The lowest BCUT2D eigenvalue weighted by Gasteiger charge is -2.06. The molecule has 0 rings (SSSR count). The molecule has 0 aromatic rings. The van der Waals surface area contributed by atoms with Crippen molar-refractivity contribution in [1.82, 2.24) is 5.32 Å². The van der Waals surface area contributed by atoms with Crippen LogP contribution in [0, 0.1) is 12.3 Å². The van der Waals surface area contributed by atoms with Crippen molar-refractivity contribution in [1.29, 1.82) is 0 Å². The lowest BCUT2D eigenvalue weighted by Crippen LogP contribution is -2.36. The van der Waals surface area contributed by atoms with E-state index < -0.39 is 5.91 Å². The molecule has 0 aromatic heterocycles. The molecule has 0 radical (unpaired) electrons. The van der Waals surface area contributed by atoms with Crippen LogP contribution >= 0.6 is 0 Å². The Bertz CT molecular complexity index is 136. The summed E-state index contributed by atoms with van der Waals surface area (Å²) in [5.74, 6) is 1.52. The number of hydrogen-bond donors (Lipinski definition) is 2. The summed E-state index contributed by atoms with van der Waals surface area (Å²) in [5.41, 5.74) is 5.19. The van der Waals surface area contributed by atoms with Gasteiger partial charge in [-0.1, -0.05) is 0 Å². The van der Waals surface area contributed by atoms with Gasteiger partial charge in [0.15, 0.2) is 0 Å². The molecule has 0 aliphatic heterocycles. The van der Waals surface area contributed by atoms with Gasteiger partial charge in [0.25, 0.3) is 5.91 Å². The molecular weight excluding hydrogens is 116 g/mol. The number of hydrogen-bond acceptors (Lipinski definition) is 2. The van der Waals surface area contributed by atoms with Gasteiger partial charge in [-0.15, -0.1) is 6.42 Å². The highest BCUT2D eigenvalue weighted by atomic mass is 16.1. The van der Waals surface area contributed by atoms with Crippen molar-refractivity contribution >= 4 is 5.91 Å². The molecule has 0 aliphatic carbocycles. The van der Waals surface area contributed by atoms with Gasteiger partial charge in [0.05, 0.1) is 0 Å². The first-order valence-corrected chi connectivity index (χ1v) is 2.68. The first kappa shape index (κ1) is 7.99. The fourth-order valence-electron chi connectivity index (χ4n) is 0.324. The maximum Gasteiger partial charge on any atom is 0.295 e. The molecule has 0 heterocycles. The molecule has 0 saturated heterocycles. The second-order valence-corrected chi connectivity index (χ2v) is 1.75. The number of nitrogens with two attached hydrogens (primary N) is 1. The van der Waals surface area contributed by atoms with Gasteiger partial charge in [-0.2, -0.15) is 0 Å². The second-order valence-electron chi connectivity index (χ2n) is 1.75. The Balaban J connectivity index is 3.50. The molecule has 1 atom stereocenters. The zero-order valence-electron chi connectivity index (χ0n) is 5.35. The zero-order chi connectivity index (χ0) is 7.28. The monoisotopic (exact) mass is 126 g/mol. The first-order valence-electron chi connectivity index (χ1n) is 2.68. The minimum absolute atomic E-state index is 0.0338. The Morgan fingerprint density at radius 1 is 2.00 bits per heavy atom. The number of terminal acetylenes is 1. The van der Waals surface area contributed by atoms with Gasteiger partial charge >= 0.3 is 0 Å². The predicted octanol–water partition coefficient (Wildman–Crippen LogP) is -0.917. The molecule has 0 bridgehead atoms. The van der Waals surface area contributed by atoms with Crippen LogP contribution in [0.5, 0.6) is 0 Å². The van der Waals surface area contributed by atoms with Crippen molar-refractivity contribution in [3.05, 3.63) is 0 Å². The van der Waals surface area contributed by atoms with E-state index in [-0.39, 0.29) is 6.04 Å². The van der Waals surface area contributed by atoms with Crippen LogP contribution in [0.15, 0.2) is 0 Å². The van der Waals surface area contributed by atoms with E-state index in [0.717, 1.165) is 0 Å². The van der Waals surface area contributed by atoms with E-state index in [1.165, 1.54) is 0 Å². The van der Waals surface area contributed by atoms with Gasteiger partial charge in [-0.3, -0.25) is 4.79 Å².